The molecule has 26 heavy (non-hydrogen) atoms. The van der Waals surface area contributed by atoms with Gasteiger partial charge in [-0.1, -0.05) is 18.2 Å². The largest absolute Gasteiger partial charge is 0.481 e. The predicted molar refractivity (Wildman–Crippen MR) is 102 cm³/mol. The van der Waals surface area contributed by atoms with Crippen molar-refractivity contribution >= 4 is 29.3 Å². The summed E-state index contributed by atoms with van der Waals surface area (Å²) in [6.07, 6.45) is 2.75. The van der Waals surface area contributed by atoms with Crippen molar-refractivity contribution in [2.45, 2.75) is 37.8 Å². The molecule has 5 rings (SSSR count). The Bertz CT molecular complexity index is 836. The highest BCUT2D eigenvalue weighted by atomic mass is 35.5. The van der Waals surface area contributed by atoms with E-state index >= 15 is 0 Å². The molecule has 1 aromatic carbocycles. The molecule has 1 aromatic heterocycles. The lowest BCUT2D eigenvalue weighted by Gasteiger charge is -2.50. The van der Waals surface area contributed by atoms with Crippen molar-refractivity contribution in [1.82, 2.24) is 9.88 Å². The highest BCUT2D eigenvalue weighted by molar-refractivity contribution is 5.85. The summed E-state index contributed by atoms with van der Waals surface area (Å²) in [6.45, 7) is 2.00. The number of aliphatic hydroxyl groups is 1. The van der Waals surface area contributed by atoms with Crippen molar-refractivity contribution in [3.8, 4) is 0 Å². The molecular weight excluding hydrogens is 352 g/mol. The number of carbonyl (C=O) groups is 1. The minimum absolute atomic E-state index is 0. The number of aromatic nitrogens is 1. The molecular formula is C20H25ClN2O3. The summed E-state index contributed by atoms with van der Waals surface area (Å²) in [5.74, 6) is -0.981. The van der Waals surface area contributed by atoms with Crippen LogP contribution in [0.4, 0.5) is 0 Å². The Labute approximate surface area is 158 Å². The summed E-state index contributed by atoms with van der Waals surface area (Å²) in [4.78, 5) is 17.9. The van der Waals surface area contributed by atoms with Crippen molar-refractivity contribution in [3.05, 3.63) is 35.5 Å². The average molecular weight is 377 g/mol. The van der Waals surface area contributed by atoms with E-state index < -0.39 is 18.0 Å². The average Bonchev–Trinajstić information content (AvgIpc) is 2.99. The molecule has 3 aliphatic rings. The third-order valence-corrected chi connectivity index (χ3v) is 6.83. The molecule has 1 saturated heterocycles. The minimum Gasteiger partial charge on any atom is -0.481 e. The number of aliphatic carboxylic acids is 1. The first-order valence-electron chi connectivity index (χ1n) is 9.38. The number of aliphatic hydroxyl groups excluding tert-OH is 1. The summed E-state index contributed by atoms with van der Waals surface area (Å²) in [5, 5.41) is 21.3. The zero-order valence-corrected chi connectivity index (χ0v) is 15.4. The minimum atomic E-state index is -0.830. The van der Waals surface area contributed by atoms with E-state index in [0.717, 1.165) is 32.4 Å². The molecule has 0 amide bonds. The molecule has 3 heterocycles. The first-order valence-corrected chi connectivity index (χ1v) is 9.38. The van der Waals surface area contributed by atoms with Crippen LogP contribution in [0, 0.1) is 17.8 Å². The monoisotopic (exact) mass is 376 g/mol. The maximum Gasteiger partial charge on any atom is 0.309 e. The van der Waals surface area contributed by atoms with E-state index in [9.17, 15) is 15.0 Å². The van der Waals surface area contributed by atoms with Crippen LogP contribution >= 0.6 is 12.4 Å². The number of benzene rings is 1. The van der Waals surface area contributed by atoms with Gasteiger partial charge < -0.3 is 15.2 Å². The Morgan fingerprint density at radius 1 is 1.23 bits per heavy atom. The predicted octanol–water partition coefficient (Wildman–Crippen LogP) is 2.98. The number of rotatable bonds is 1. The number of carboxylic acid groups (broad SMARTS) is 1. The van der Waals surface area contributed by atoms with Crippen LogP contribution in [0.2, 0.25) is 0 Å². The zero-order valence-electron chi connectivity index (χ0n) is 14.6. The van der Waals surface area contributed by atoms with E-state index in [1.165, 1.54) is 22.2 Å². The van der Waals surface area contributed by atoms with Gasteiger partial charge in [0.25, 0.3) is 0 Å². The number of para-hydroxylation sites is 1. The van der Waals surface area contributed by atoms with Gasteiger partial charge in [0, 0.05) is 29.7 Å². The number of piperidine rings is 1. The van der Waals surface area contributed by atoms with Gasteiger partial charge in [0.15, 0.2) is 0 Å². The quantitative estimate of drug-likeness (QED) is 0.715. The second-order valence-corrected chi connectivity index (χ2v) is 7.99. The number of carboxylic acids is 1. The topological polar surface area (TPSA) is 76.6 Å². The highest BCUT2D eigenvalue weighted by Gasteiger charge is 2.49. The number of nitrogens with zero attached hydrogens (tertiary/aromatic N) is 1. The van der Waals surface area contributed by atoms with Crippen molar-refractivity contribution in [1.29, 1.82) is 0 Å². The number of hydrogen-bond acceptors (Lipinski definition) is 3. The number of aromatic amines is 1. The van der Waals surface area contributed by atoms with E-state index in [0.29, 0.717) is 12.3 Å². The van der Waals surface area contributed by atoms with Crippen LogP contribution < -0.4 is 0 Å². The smallest absolute Gasteiger partial charge is 0.309 e. The van der Waals surface area contributed by atoms with Crippen LogP contribution in [0.25, 0.3) is 10.9 Å². The van der Waals surface area contributed by atoms with E-state index in [2.05, 4.69) is 34.1 Å². The van der Waals surface area contributed by atoms with Crippen molar-refractivity contribution in [2.24, 2.45) is 17.8 Å². The standard InChI is InChI=1S/C20H24N2O3.ClH/c23-17-6-5-11-10-22-8-7-13-12-3-1-2-4-15(12)21-19(13)16(22)9-14(11)18(17)20(24)25;/h1-4,11,14,16-18,21,23H,5-10H2,(H,24,25);1H. The van der Waals surface area contributed by atoms with Crippen LogP contribution in [-0.2, 0) is 11.2 Å². The van der Waals surface area contributed by atoms with Crippen molar-refractivity contribution in [2.75, 3.05) is 13.1 Å². The van der Waals surface area contributed by atoms with E-state index in [4.69, 9.17) is 0 Å². The van der Waals surface area contributed by atoms with Crippen LogP contribution in [-0.4, -0.2) is 45.3 Å². The van der Waals surface area contributed by atoms with Crippen LogP contribution in [0.1, 0.15) is 36.6 Å². The molecule has 0 radical (unpaired) electrons. The lowest BCUT2D eigenvalue weighted by molar-refractivity contribution is -0.156. The number of nitrogens with one attached hydrogen (secondary N) is 1. The molecule has 0 spiro atoms. The van der Waals surface area contributed by atoms with Gasteiger partial charge in [0.05, 0.1) is 18.1 Å². The number of hydrogen-bond donors (Lipinski definition) is 3. The molecule has 3 N–H and O–H groups in total. The second-order valence-electron chi connectivity index (χ2n) is 7.99. The number of H-pyrrole nitrogens is 1. The highest BCUT2D eigenvalue weighted by Crippen LogP contribution is 2.49. The molecule has 5 atom stereocenters. The third kappa shape index (κ3) is 2.56. The Morgan fingerprint density at radius 3 is 2.85 bits per heavy atom. The van der Waals surface area contributed by atoms with Gasteiger partial charge in [0.1, 0.15) is 0 Å². The normalized spacial score (nSPS) is 33.7. The fraction of sp³-hybridized carbons (Fsp3) is 0.550. The molecule has 5 unspecified atom stereocenters. The van der Waals surface area contributed by atoms with E-state index in [1.807, 2.05) is 0 Å². The Hall–Kier alpha value is -1.56. The van der Waals surface area contributed by atoms with Gasteiger partial charge in [-0.05, 0) is 49.1 Å². The second kappa shape index (κ2) is 6.55. The summed E-state index contributed by atoms with van der Waals surface area (Å²) in [7, 11) is 0. The molecule has 0 bridgehead atoms. The first kappa shape index (κ1) is 17.8. The van der Waals surface area contributed by atoms with Gasteiger partial charge in [-0.15, -0.1) is 12.4 Å². The molecule has 6 heteroatoms. The summed E-state index contributed by atoms with van der Waals surface area (Å²) < 4.78 is 0. The van der Waals surface area contributed by atoms with Crippen LogP contribution in [0.3, 0.4) is 0 Å². The third-order valence-electron chi connectivity index (χ3n) is 6.83. The molecule has 1 aliphatic carbocycles. The summed E-state index contributed by atoms with van der Waals surface area (Å²) in [6, 6.07) is 8.68. The summed E-state index contributed by atoms with van der Waals surface area (Å²) in [5.41, 5.74) is 3.85. The van der Waals surface area contributed by atoms with Gasteiger partial charge in [-0.2, -0.15) is 0 Å². The first-order chi connectivity index (χ1) is 12.1. The summed E-state index contributed by atoms with van der Waals surface area (Å²) >= 11 is 0. The lowest BCUT2D eigenvalue weighted by Crippen LogP contribution is -2.53. The van der Waals surface area contributed by atoms with E-state index in [-0.39, 0.29) is 24.4 Å². The molecule has 1 saturated carbocycles. The Morgan fingerprint density at radius 2 is 2.04 bits per heavy atom. The van der Waals surface area contributed by atoms with Gasteiger partial charge >= 0.3 is 5.97 Å². The molecule has 2 aliphatic heterocycles. The van der Waals surface area contributed by atoms with Crippen LogP contribution in [0.15, 0.2) is 24.3 Å². The Kier molecular flexibility index (Phi) is 4.49. The fourth-order valence-electron chi connectivity index (χ4n) is 5.68. The Balaban J connectivity index is 0.00000168. The SMILES string of the molecule is Cl.O=C(O)C1C(O)CCC2CN3CCc4c([nH]c5ccccc45)C3CC21. The van der Waals surface area contributed by atoms with Crippen molar-refractivity contribution < 1.29 is 15.0 Å². The maximum atomic E-state index is 11.8. The van der Waals surface area contributed by atoms with Gasteiger partial charge in [-0.3, -0.25) is 9.69 Å². The fourth-order valence-corrected chi connectivity index (χ4v) is 5.68. The maximum absolute atomic E-state index is 11.8. The molecule has 140 valence electrons. The van der Waals surface area contributed by atoms with E-state index in [1.54, 1.807) is 0 Å². The zero-order chi connectivity index (χ0) is 17.1. The number of fused-ring (bicyclic) bond motifs is 6. The lowest BCUT2D eigenvalue weighted by atomic mass is 9.65. The van der Waals surface area contributed by atoms with Crippen molar-refractivity contribution in [3.63, 3.8) is 0 Å². The van der Waals surface area contributed by atoms with Gasteiger partial charge in [0.2, 0.25) is 0 Å². The molecule has 2 aromatic rings. The van der Waals surface area contributed by atoms with Gasteiger partial charge in [-0.25, -0.2) is 0 Å². The molecule has 2 fully saturated rings. The number of halogens is 1. The molecule has 5 nitrogen and oxygen atoms in total. The van der Waals surface area contributed by atoms with Crippen LogP contribution in [0.5, 0.6) is 0 Å².